The van der Waals surface area contributed by atoms with Crippen LogP contribution in [0.1, 0.15) is 30.4 Å². The van der Waals surface area contributed by atoms with Gasteiger partial charge in [0, 0.05) is 45.2 Å². The molecule has 2 aliphatic heterocycles. The molecule has 5 heteroatoms. The fourth-order valence-electron chi connectivity index (χ4n) is 3.73. The maximum Gasteiger partial charge on any atom is 0.223 e. The summed E-state index contributed by atoms with van der Waals surface area (Å²) >= 11 is 0. The van der Waals surface area contributed by atoms with Crippen molar-refractivity contribution in [2.45, 2.75) is 38.6 Å². The van der Waals surface area contributed by atoms with E-state index in [4.69, 9.17) is 0 Å². The summed E-state index contributed by atoms with van der Waals surface area (Å²) in [6, 6.07) is 9.49. The van der Waals surface area contributed by atoms with Gasteiger partial charge in [0.2, 0.25) is 5.91 Å². The monoisotopic (exact) mass is 351 g/mol. The summed E-state index contributed by atoms with van der Waals surface area (Å²) in [5.74, 6) is 0.326. The summed E-state index contributed by atoms with van der Waals surface area (Å²) in [7, 11) is 0. The number of nitrogens with zero attached hydrogens (tertiary/aromatic N) is 2. The molecule has 2 heterocycles. The van der Waals surface area contributed by atoms with Crippen LogP contribution in [0.2, 0.25) is 0 Å². The van der Waals surface area contributed by atoms with Gasteiger partial charge in [0.25, 0.3) is 0 Å². The Kier molecular flexibility index (Phi) is 7.53. The van der Waals surface area contributed by atoms with Crippen molar-refractivity contribution < 1.29 is 4.79 Å². The van der Waals surface area contributed by atoms with Gasteiger partial charge in [-0.25, -0.2) is 0 Å². The molecular formula is C19H30ClN3O. The first-order chi connectivity index (χ1) is 11.2. The molecule has 0 aromatic heterocycles. The van der Waals surface area contributed by atoms with Crippen molar-refractivity contribution in [1.82, 2.24) is 15.1 Å². The molecule has 1 amide bonds. The highest BCUT2D eigenvalue weighted by Gasteiger charge is 2.26. The first-order valence-electron chi connectivity index (χ1n) is 9.00. The maximum atomic E-state index is 12.3. The quantitative estimate of drug-likeness (QED) is 0.883. The topological polar surface area (TPSA) is 35.6 Å². The Labute approximate surface area is 152 Å². The third-order valence-electron chi connectivity index (χ3n) is 5.17. The van der Waals surface area contributed by atoms with Crippen LogP contribution in [0.5, 0.6) is 0 Å². The van der Waals surface area contributed by atoms with Gasteiger partial charge in [0.05, 0.1) is 0 Å². The van der Waals surface area contributed by atoms with E-state index in [1.807, 2.05) is 4.90 Å². The van der Waals surface area contributed by atoms with Gasteiger partial charge < -0.3 is 10.2 Å². The Bertz CT molecular complexity index is 514. The van der Waals surface area contributed by atoms with Crippen LogP contribution >= 0.6 is 12.4 Å². The normalized spacial score (nSPS) is 21.5. The number of hydrogen-bond donors (Lipinski definition) is 1. The lowest BCUT2D eigenvalue weighted by molar-refractivity contribution is -0.132. The summed E-state index contributed by atoms with van der Waals surface area (Å²) in [6.07, 6.45) is 4.31. The number of likely N-dealkylation sites (tertiary alicyclic amines) is 1. The van der Waals surface area contributed by atoms with Crippen LogP contribution in [0.25, 0.3) is 0 Å². The predicted molar refractivity (Wildman–Crippen MR) is 101 cm³/mol. The number of carbonyl (C=O) groups excluding carboxylic acids is 1. The van der Waals surface area contributed by atoms with Crippen molar-refractivity contribution in [3.8, 4) is 0 Å². The van der Waals surface area contributed by atoms with E-state index in [0.717, 1.165) is 45.7 Å². The Morgan fingerprint density at radius 2 is 1.88 bits per heavy atom. The molecular weight excluding hydrogens is 322 g/mol. The molecule has 0 aliphatic carbocycles. The molecule has 0 saturated carbocycles. The van der Waals surface area contributed by atoms with Gasteiger partial charge >= 0.3 is 0 Å². The van der Waals surface area contributed by atoms with Gasteiger partial charge in [0.15, 0.2) is 0 Å². The average molecular weight is 352 g/mol. The maximum absolute atomic E-state index is 12.3. The fraction of sp³-hybridized carbons (Fsp3) is 0.632. The second-order valence-corrected chi connectivity index (χ2v) is 6.90. The first-order valence-corrected chi connectivity index (χ1v) is 9.00. The molecule has 4 nitrogen and oxygen atoms in total. The van der Waals surface area contributed by atoms with E-state index in [9.17, 15) is 4.79 Å². The number of carbonyl (C=O) groups is 1. The van der Waals surface area contributed by atoms with E-state index < -0.39 is 0 Å². The molecule has 1 N–H and O–H groups in total. The van der Waals surface area contributed by atoms with E-state index >= 15 is 0 Å². The SMILES string of the molecule is Cc1ccc(CC2CCCN2CCC(=O)N2CCNCC2)cc1.Cl. The zero-order valence-electron chi connectivity index (χ0n) is 14.7. The fourth-order valence-corrected chi connectivity index (χ4v) is 3.73. The minimum atomic E-state index is 0. The highest BCUT2D eigenvalue weighted by molar-refractivity contribution is 5.85. The summed E-state index contributed by atoms with van der Waals surface area (Å²) in [4.78, 5) is 16.9. The van der Waals surface area contributed by atoms with Crippen molar-refractivity contribution in [3.63, 3.8) is 0 Å². The predicted octanol–water partition coefficient (Wildman–Crippen LogP) is 2.25. The highest BCUT2D eigenvalue weighted by Crippen LogP contribution is 2.21. The third-order valence-corrected chi connectivity index (χ3v) is 5.17. The van der Waals surface area contributed by atoms with E-state index in [-0.39, 0.29) is 12.4 Å². The number of aryl methyl sites for hydroxylation is 1. The number of benzene rings is 1. The molecule has 3 rings (SSSR count). The van der Waals surface area contributed by atoms with Crippen molar-refractivity contribution in [2.24, 2.45) is 0 Å². The molecule has 2 fully saturated rings. The molecule has 1 unspecified atom stereocenters. The molecule has 0 spiro atoms. The van der Waals surface area contributed by atoms with Gasteiger partial charge in [-0.3, -0.25) is 9.69 Å². The van der Waals surface area contributed by atoms with Gasteiger partial charge in [0.1, 0.15) is 0 Å². The lowest BCUT2D eigenvalue weighted by Gasteiger charge is -2.29. The molecule has 0 radical (unpaired) electrons. The van der Waals surface area contributed by atoms with E-state index in [1.165, 1.54) is 24.0 Å². The minimum absolute atomic E-state index is 0. The molecule has 2 aliphatic rings. The van der Waals surface area contributed by atoms with Crippen LogP contribution in [0.3, 0.4) is 0 Å². The van der Waals surface area contributed by atoms with Gasteiger partial charge in [-0.1, -0.05) is 29.8 Å². The van der Waals surface area contributed by atoms with Crippen LogP contribution in [-0.4, -0.2) is 61.0 Å². The van der Waals surface area contributed by atoms with Crippen molar-refractivity contribution in [2.75, 3.05) is 39.3 Å². The summed E-state index contributed by atoms with van der Waals surface area (Å²) < 4.78 is 0. The standard InChI is InChI=1S/C19H29N3O.ClH/c1-16-4-6-17(7-5-16)15-18-3-2-11-21(18)12-8-19(23)22-13-9-20-10-14-22;/h4-7,18,20H,2-3,8-15H2,1H3;1H. The largest absolute Gasteiger partial charge is 0.340 e. The molecule has 134 valence electrons. The number of hydrogen-bond acceptors (Lipinski definition) is 3. The molecule has 24 heavy (non-hydrogen) atoms. The Morgan fingerprint density at radius 3 is 2.58 bits per heavy atom. The van der Waals surface area contributed by atoms with E-state index in [0.29, 0.717) is 18.4 Å². The van der Waals surface area contributed by atoms with Gasteiger partial charge in [-0.05, 0) is 38.3 Å². The van der Waals surface area contributed by atoms with E-state index in [2.05, 4.69) is 41.4 Å². The number of halogens is 1. The van der Waals surface area contributed by atoms with Crippen LogP contribution in [0, 0.1) is 6.92 Å². The smallest absolute Gasteiger partial charge is 0.223 e. The zero-order valence-corrected chi connectivity index (χ0v) is 15.5. The number of piperazine rings is 1. The van der Waals surface area contributed by atoms with Crippen LogP contribution in [0.15, 0.2) is 24.3 Å². The Morgan fingerprint density at radius 1 is 1.17 bits per heavy atom. The lowest BCUT2D eigenvalue weighted by atomic mass is 10.0. The van der Waals surface area contributed by atoms with Crippen molar-refractivity contribution in [1.29, 1.82) is 0 Å². The summed E-state index contributed by atoms with van der Waals surface area (Å²) in [5, 5.41) is 3.30. The summed E-state index contributed by atoms with van der Waals surface area (Å²) in [5.41, 5.74) is 2.74. The first kappa shape index (κ1) is 19.2. The second-order valence-electron chi connectivity index (χ2n) is 6.90. The van der Waals surface area contributed by atoms with Gasteiger partial charge in [-0.15, -0.1) is 12.4 Å². The highest BCUT2D eigenvalue weighted by atomic mass is 35.5. The minimum Gasteiger partial charge on any atom is -0.340 e. The second kappa shape index (κ2) is 9.40. The number of rotatable bonds is 5. The van der Waals surface area contributed by atoms with Crippen molar-refractivity contribution >= 4 is 18.3 Å². The Balaban J connectivity index is 0.00000208. The lowest BCUT2D eigenvalue weighted by Crippen LogP contribution is -2.47. The molecule has 1 aromatic carbocycles. The number of nitrogens with one attached hydrogen (secondary N) is 1. The van der Waals surface area contributed by atoms with Crippen LogP contribution in [-0.2, 0) is 11.2 Å². The third kappa shape index (κ3) is 5.20. The van der Waals surface area contributed by atoms with E-state index in [1.54, 1.807) is 0 Å². The molecule has 1 aromatic rings. The molecule has 1 atom stereocenters. The zero-order chi connectivity index (χ0) is 16.1. The molecule has 2 saturated heterocycles. The number of amides is 1. The van der Waals surface area contributed by atoms with Gasteiger partial charge in [-0.2, -0.15) is 0 Å². The Hall–Kier alpha value is -1.10. The molecule has 0 bridgehead atoms. The van der Waals surface area contributed by atoms with Crippen LogP contribution < -0.4 is 5.32 Å². The summed E-state index contributed by atoms with van der Waals surface area (Å²) in [6.45, 7) is 7.80. The van der Waals surface area contributed by atoms with Crippen LogP contribution in [0.4, 0.5) is 0 Å². The van der Waals surface area contributed by atoms with Crippen molar-refractivity contribution in [3.05, 3.63) is 35.4 Å². The average Bonchev–Trinajstić information content (AvgIpc) is 3.02.